The third-order valence-electron chi connectivity index (χ3n) is 3.80. The molecule has 0 unspecified atom stereocenters. The van der Waals surface area contributed by atoms with E-state index in [1.165, 1.54) is 0 Å². The Morgan fingerprint density at radius 2 is 1.92 bits per heavy atom. The normalized spacial score (nSPS) is 10.3. The Hall–Kier alpha value is -2.15. The average Bonchev–Trinajstić information content (AvgIpc) is 3.03. The van der Waals surface area contributed by atoms with Gasteiger partial charge in [-0.25, -0.2) is 9.67 Å². The van der Waals surface area contributed by atoms with Crippen LogP contribution in [-0.2, 0) is 0 Å². The van der Waals surface area contributed by atoms with Gasteiger partial charge in [-0.05, 0) is 19.9 Å². The van der Waals surface area contributed by atoms with Gasteiger partial charge in [-0.1, -0.05) is 30.3 Å². The van der Waals surface area contributed by atoms with Crippen molar-refractivity contribution in [1.29, 1.82) is 0 Å². The zero-order chi connectivity index (χ0) is 17.1. The molecular weight excluding hydrogens is 373 g/mol. The summed E-state index contributed by atoms with van der Waals surface area (Å²) in [6.45, 7) is 4.91. The van der Waals surface area contributed by atoms with Gasteiger partial charge in [0.25, 0.3) is 5.91 Å². The van der Waals surface area contributed by atoms with Crippen LogP contribution in [0.3, 0.4) is 0 Å². The first kappa shape index (κ1) is 21.9. The number of benzene rings is 1. The van der Waals surface area contributed by atoms with Crippen LogP contribution in [0.1, 0.15) is 30.2 Å². The zero-order valence-electron chi connectivity index (χ0n) is 14.7. The number of hydrogen-bond acceptors (Lipinski definition) is 4. The minimum atomic E-state index is -0.159. The van der Waals surface area contributed by atoms with Gasteiger partial charge in [-0.15, -0.1) is 24.8 Å². The monoisotopic (exact) mass is 395 g/mol. The van der Waals surface area contributed by atoms with Gasteiger partial charge >= 0.3 is 0 Å². The summed E-state index contributed by atoms with van der Waals surface area (Å²) in [5.41, 5.74) is 8.48. The van der Waals surface area contributed by atoms with Crippen LogP contribution in [0.4, 0.5) is 0 Å². The van der Waals surface area contributed by atoms with Crippen LogP contribution in [0.2, 0.25) is 0 Å². The van der Waals surface area contributed by atoms with Gasteiger partial charge < -0.3 is 11.1 Å². The molecule has 3 aromatic rings. The average molecular weight is 396 g/mol. The first-order valence-electron chi connectivity index (χ1n) is 8.03. The second kappa shape index (κ2) is 9.52. The fourth-order valence-electron chi connectivity index (χ4n) is 2.62. The lowest BCUT2D eigenvalue weighted by molar-refractivity contribution is 0.0956. The van der Waals surface area contributed by atoms with Crippen molar-refractivity contribution in [2.45, 2.75) is 19.9 Å². The molecule has 0 fully saturated rings. The molecular formula is C18H23Cl2N5O. The van der Waals surface area contributed by atoms with E-state index in [1.807, 2.05) is 54.9 Å². The first-order valence-corrected chi connectivity index (χ1v) is 8.03. The molecule has 0 aliphatic rings. The fourth-order valence-corrected chi connectivity index (χ4v) is 2.62. The number of carbonyl (C=O) groups is 1. The minimum Gasteiger partial charge on any atom is -0.351 e. The summed E-state index contributed by atoms with van der Waals surface area (Å²) in [7, 11) is 0. The summed E-state index contributed by atoms with van der Waals surface area (Å²) in [5, 5.41) is 7.98. The summed E-state index contributed by atoms with van der Waals surface area (Å²) in [4.78, 5) is 17.3. The number of nitrogens with one attached hydrogen (secondary N) is 1. The van der Waals surface area contributed by atoms with E-state index < -0.39 is 0 Å². The maximum absolute atomic E-state index is 12.5. The van der Waals surface area contributed by atoms with Crippen LogP contribution >= 0.6 is 24.8 Å². The minimum absolute atomic E-state index is 0. The van der Waals surface area contributed by atoms with E-state index in [0.29, 0.717) is 24.3 Å². The summed E-state index contributed by atoms with van der Waals surface area (Å²) in [5.74, 6) is -0.159. The van der Waals surface area contributed by atoms with E-state index >= 15 is 0 Å². The Morgan fingerprint density at radius 1 is 1.23 bits per heavy atom. The maximum Gasteiger partial charge on any atom is 0.252 e. The number of amides is 1. The lowest BCUT2D eigenvalue weighted by Crippen LogP contribution is -2.29. The SMILES string of the molecule is CC(C)n1ncc2c(C(=O)NCCN)cc(-c3ccccc3)nc21.Cl.Cl. The van der Waals surface area contributed by atoms with Crippen LogP contribution in [0.15, 0.2) is 42.6 Å². The molecule has 0 atom stereocenters. The molecule has 0 aliphatic heterocycles. The van der Waals surface area contributed by atoms with E-state index in [9.17, 15) is 4.79 Å². The summed E-state index contributed by atoms with van der Waals surface area (Å²) >= 11 is 0. The van der Waals surface area contributed by atoms with Crippen molar-refractivity contribution in [3.8, 4) is 11.3 Å². The summed E-state index contributed by atoms with van der Waals surface area (Å²) in [6, 6.07) is 11.8. The number of pyridine rings is 1. The van der Waals surface area contributed by atoms with Crippen molar-refractivity contribution in [2.24, 2.45) is 5.73 Å². The third kappa shape index (κ3) is 4.33. The first-order chi connectivity index (χ1) is 11.6. The number of aromatic nitrogens is 3. The number of hydrogen-bond donors (Lipinski definition) is 2. The van der Waals surface area contributed by atoms with Gasteiger partial charge in [0, 0.05) is 24.7 Å². The van der Waals surface area contributed by atoms with E-state index in [-0.39, 0.29) is 36.8 Å². The van der Waals surface area contributed by atoms with Gasteiger partial charge in [0.1, 0.15) is 0 Å². The third-order valence-corrected chi connectivity index (χ3v) is 3.80. The fraction of sp³-hybridized carbons (Fsp3) is 0.278. The maximum atomic E-state index is 12.5. The van der Waals surface area contributed by atoms with Gasteiger partial charge in [-0.2, -0.15) is 5.10 Å². The highest BCUT2D eigenvalue weighted by atomic mass is 35.5. The topological polar surface area (TPSA) is 85.8 Å². The molecule has 1 amide bonds. The summed E-state index contributed by atoms with van der Waals surface area (Å²) in [6.07, 6.45) is 1.70. The molecule has 0 saturated heterocycles. The Labute approximate surface area is 165 Å². The number of nitrogens with two attached hydrogens (primary N) is 1. The number of fused-ring (bicyclic) bond motifs is 1. The van der Waals surface area contributed by atoms with Crippen molar-refractivity contribution in [2.75, 3.05) is 13.1 Å². The Kier molecular flexibility index (Phi) is 8.02. The molecule has 140 valence electrons. The molecule has 3 N–H and O–H groups in total. The number of nitrogens with zero attached hydrogens (tertiary/aromatic N) is 3. The predicted molar refractivity (Wildman–Crippen MR) is 109 cm³/mol. The van der Waals surface area contributed by atoms with Crippen LogP contribution in [0, 0.1) is 0 Å². The Morgan fingerprint density at radius 3 is 2.54 bits per heavy atom. The zero-order valence-corrected chi connectivity index (χ0v) is 16.3. The van der Waals surface area contributed by atoms with E-state index in [4.69, 9.17) is 10.7 Å². The van der Waals surface area contributed by atoms with Gasteiger partial charge in [-0.3, -0.25) is 4.79 Å². The van der Waals surface area contributed by atoms with Crippen molar-refractivity contribution in [3.63, 3.8) is 0 Å². The van der Waals surface area contributed by atoms with E-state index in [2.05, 4.69) is 10.4 Å². The highest BCUT2D eigenvalue weighted by molar-refractivity contribution is 6.06. The number of carbonyl (C=O) groups excluding carboxylic acids is 1. The molecule has 0 bridgehead atoms. The smallest absolute Gasteiger partial charge is 0.252 e. The van der Waals surface area contributed by atoms with Crippen LogP contribution in [0.25, 0.3) is 22.3 Å². The lowest BCUT2D eigenvalue weighted by Gasteiger charge is -2.11. The second-order valence-electron chi connectivity index (χ2n) is 5.89. The van der Waals surface area contributed by atoms with Crippen molar-refractivity contribution in [3.05, 3.63) is 48.2 Å². The molecule has 0 radical (unpaired) electrons. The highest BCUT2D eigenvalue weighted by Gasteiger charge is 2.18. The van der Waals surface area contributed by atoms with Crippen LogP contribution in [-0.4, -0.2) is 33.8 Å². The highest BCUT2D eigenvalue weighted by Crippen LogP contribution is 2.26. The number of rotatable bonds is 5. The molecule has 2 heterocycles. The Bertz CT molecular complexity index is 865. The summed E-state index contributed by atoms with van der Waals surface area (Å²) < 4.78 is 1.83. The lowest BCUT2D eigenvalue weighted by atomic mass is 10.1. The van der Waals surface area contributed by atoms with Crippen molar-refractivity contribution in [1.82, 2.24) is 20.1 Å². The van der Waals surface area contributed by atoms with E-state index in [1.54, 1.807) is 6.20 Å². The molecule has 3 rings (SSSR count). The van der Waals surface area contributed by atoms with Gasteiger partial charge in [0.2, 0.25) is 0 Å². The molecule has 0 aliphatic carbocycles. The molecule has 2 aromatic heterocycles. The molecule has 0 spiro atoms. The predicted octanol–water partition coefficient (Wildman–Crippen LogP) is 3.21. The molecule has 1 aromatic carbocycles. The van der Waals surface area contributed by atoms with Gasteiger partial charge in [0.05, 0.1) is 22.8 Å². The molecule has 6 nitrogen and oxygen atoms in total. The quantitative estimate of drug-likeness (QED) is 0.694. The van der Waals surface area contributed by atoms with Gasteiger partial charge in [0.15, 0.2) is 5.65 Å². The van der Waals surface area contributed by atoms with Crippen molar-refractivity contribution >= 4 is 41.8 Å². The largest absolute Gasteiger partial charge is 0.351 e. The molecule has 0 saturated carbocycles. The molecule has 26 heavy (non-hydrogen) atoms. The molecule has 8 heteroatoms. The van der Waals surface area contributed by atoms with Crippen LogP contribution in [0.5, 0.6) is 0 Å². The van der Waals surface area contributed by atoms with Crippen molar-refractivity contribution < 1.29 is 4.79 Å². The standard InChI is InChI=1S/C18H21N5O.2ClH/c1-12(2)23-17-15(11-21-23)14(18(24)20-9-8-19)10-16(22-17)13-6-4-3-5-7-13;;/h3-7,10-12H,8-9,19H2,1-2H3,(H,20,24);2*1H. The Balaban J connectivity index is 0.00000169. The van der Waals surface area contributed by atoms with Crippen LogP contribution < -0.4 is 11.1 Å². The second-order valence-corrected chi connectivity index (χ2v) is 5.89. The number of halogens is 2. The van der Waals surface area contributed by atoms with E-state index in [0.717, 1.165) is 16.6 Å².